The van der Waals surface area contributed by atoms with Gasteiger partial charge in [-0.1, -0.05) is 13.8 Å². The van der Waals surface area contributed by atoms with Gasteiger partial charge in [0.25, 0.3) is 5.91 Å². The van der Waals surface area contributed by atoms with Gasteiger partial charge >= 0.3 is 6.03 Å². The molecule has 2 unspecified atom stereocenters. The summed E-state index contributed by atoms with van der Waals surface area (Å²) in [7, 11) is -2.68. The van der Waals surface area contributed by atoms with Gasteiger partial charge in [0.1, 0.15) is 6.04 Å². The first kappa shape index (κ1) is 14.2. The molecular weight excluding hydrogens is 243 g/mol. The topological polar surface area (TPSA) is 84.5 Å². The number of carbonyl (C=O) groups excluding carboxylic acids is 2. The van der Waals surface area contributed by atoms with Crippen LogP contribution in [0.15, 0.2) is 0 Å². The van der Waals surface area contributed by atoms with Gasteiger partial charge in [-0.05, 0) is 12.3 Å². The van der Waals surface area contributed by atoms with E-state index in [1.165, 1.54) is 0 Å². The van der Waals surface area contributed by atoms with Gasteiger partial charge in [-0.2, -0.15) is 0 Å². The Morgan fingerprint density at radius 3 is 2.53 bits per heavy atom. The number of hydrogen-bond donors (Lipinski definition) is 2. The minimum Gasteiger partial charge on any atom is -0.328 e. The zero-order valence-electron chi connectivity index (χ0n) is 10.4. The molecule has 0 radical (unpaired) electrons. The monoisotopic (exact) mass is 262 g/mol. The summed E-state index contributed by atoms with van der Waals surface area (Å²) < 4.78 is 17.3. The molecule has 0 spiro atoms. The molecule has 1 saturated heterocycles. The van der Waals surface area contributed by atoms with Crippen molar-refractivity contribution >= 4 is 19.3 Å². The molecule has 1 aliphatic heterocycles. The van der Waals surface area contributed by atoms with E-state index in [2.05, 4.69) is 10.6 Å². The normalized spacial score (nSPS) is 23.4. The second-order valence-corrected chi connectivity index (χ2v) is 7.46. The minimum atomic E-state index is -2.68. The molecule has 1 rings (SSSR count). The van der Waals surface area contributed by atoms with Gasteiger partial charge in [-0.15, -0.1) is 0 Å². The largest absolute Gasteiger partial charge is 0.328 e. The first-order valence-corrected chi connectivity index (χ1v) is 7.88. The number of nitrogens with one attached hydrogen (secondary N) is 2. The lowest BCUT2D eigenvalue weighted by atomic mass is 10.2. The van der Waals surface area contributed by atoms with E-state index < -0.39 is 19.4 Å². The van der Waals surface area contributed by atoms with Crippen LogP contribution in [-0.2, 0) is 13.9 Å². The van der Waals surface area contributed by atoms with Crippen molar-refractivity contribution in [2.45, 2.75) is 26.3 Å². The molecular formula is C10H19N2O4P. The van der Waals surface area contributed by atoms with Crippen molar-refractivity contribution in [2.24, 2.45) is 5.92 Å². The highest BCUT2D eigenvalue weighted by molar-refractivity contribution is 7.58. The van der Waals surface area contributed by atoms with Gasteiger partial charge in [0.2, 0.25) is 0 Å². The van der Waals surface area contributed by atoms with Gasteiger partial charge in [-0.3, -0.25) is 14.7 Å². The third kappa shape index (κ3) is 4.88. The zero-order valence-corrected chi connectivity index (χ0v) is 11.3. The summed E-state index contributed by atoms with van der Waals surface area (Å²) in [6, 6.07) is -1.08. The number of amides is 3. The molecule has 3 amide bonds. The van der Waals surface area contributed by atoms with E-state index in [-0.39, 0.29) is 12.1 Å². The Morgan fingerprint density at radius 2 is 2.06 bits per heavy atom. The smallest absolute Gasteiger partial charge is 0.322 e. The molecule has 1 fully saturated rings. The van der Waals surface area contributed by atoms with Gasteiger partial charge in [0, 0.05) is 12.8 Å². The van der Waals surface area contributed by atoms with Crippen molar-refractivity contribution in [3.05, 3.63) is 0 Å². The van der Waals surface area contributed by atoms with E-state index in [1.54, 1.807) is 6.66 Å². The third-order valence-electron chi connectivity index (χ3n) is 2.36. The number of imide groups is 1. The summed E-state index contributed by atoms with van der Waals surface area (Å²) in [6.07, 6.45) is 0.627. The molecule has 0 saturated carbocycles. The summed E-state index contributed by atoms with van der Waals surface area (Å²) in [5.74, 6) is -0.0448. The fraction of sp³-hybridized carbons (Fsp3) is 0.800. The maximum absolute atomic E-state index is 12.0. The lowest BCUT2D eigenvalue weighted by Gasteiger charge is -2.16. The van der Waals surface area contributed by atoms with Crippen molar-refractivity contribution in [3.8, 4) is 0 Å². The fourth-order valence-electron chi connectivity index (χ4n) is 1.40. The second-order valence-electron chi connectivity index (χ2n) is 4.73. The maximum atomic E-state index is 12.0. The Kier molecular flexibility index (Phi) is 4.71. The van der Waals surface area contributed by atoms with Crippen molar-refractivity contribution in [3.63, 3.8) is 0 Å². The van der Waals surface area contributed by atoms with Crippen LogP contribution in [0.4, 0.5) is 4.79 Å². The maximum Gasteiger partial charge on any atom is 0.322 e. The van der Waals surface area contributed by atoms with Gasteiger partial charge in [0.05, 0.1) is 6.61 Å². The van der Waals surface area contributed by atoms with Crippen molar-refractivity contribution in [2.75, 3.05) is 19.4 Å². The Bertz CT molecular complexity index is 356. The van der Waals surface area contributed by atoms with Crippen molar-refractivity contribution in [1.29, 1.82) is 0 Å². The van der Waals surface area contributed by atoms with Crippen LogP contribution in [-0.4, -0.2) is 37.4 Å². The molecule has 2 atom stereocenters. The Hall–Kier alpha value is -0.870. The summed E-state index contributed by atoms with van der Waals surface area (Å²) >= 11 is 0. The van der Waals surface area contributed by atoms with E-state index in [1.807, 2.05) is 13.8 Å². The van der Waals surface area contributed by atoms with Crippen LogP contribution in [0.25, 0.3) is 0 Å². The lowest BCUT2D eigenvalue weighted by molar-refractivity contribution is -0.120. The van der Waals surface area contributed by atoms with Crippen LogP contribution in [0.5, 0.6) is 0 Å². The van der Waals surface area contributed by atoms with Gasteiger partial charge in [0.15, 0.2) is 7.37 Å². The molecule has 0 aliphatic carbocycles. The average molecular weight is 262 g/mol. The predicted octanol–water partition coefficient (Wildman–Crippen LogP) is 1.16. The first-order chi connectivity index (χ1) is 7.80. The molecule has 98 valence electrons. The van der Waals surface area contributed by atoms with E-state index in [4.69, 9.17) is 4.52 Å². The van der Waals surface area contributed by atoms with Crippen LogP contribution in [0.2, 0.25) is 0 Å². The quantitative estimate of drug-likeness (QED) is 0.555. The number of carbonyl (C=O) groups is 2. The molecule has 0 bridgehead atoms. The molecule has 1 aliphatic rings. The molecule has 0 aromatic heterocycles. The Balaban J connectivity index is 2.36. The van der Waals surface area contributed by atoms with Crippen LogP contribution in [0, 0.1) is 5.92 Å². The Morgan fingerprint density at radius 1 is 1.41 bits per heavy atom. The van der Waals surface area contributed by atoms with Gasteiger partial charge < -0.3 is 9.84 Å². The number of hydrogen-bond acceptors (Lipinski definition) is 4. The number of rotatable bonds is 6. The summed E-state index contributed by atoms with van der Waals surface area (Å²) in [5, 5.41) is 4.60. The number of urea groups is 1. The highest BCUT2D eigenvalue weighted by Crippen LogP contribution is 2.43. The molecule has 1 heterocycles. The molecule has 7 heteroatoms. The highest BCUT2D eigenvalue weighted by Gasteiger charge is 2.31. The van der Waals surface area contributed by atoms with E-state index in [9.17, 15) is 14.2 Å². The summed E-state index contributed by atoms with van der Waals surface area (Å²) in [5.41, 5.74) is 0. The SMILES string of the molecule is CC(C)COP(C)(=O)CCC1NC(=O)NC1=O. The molecule has 0 aromatic carbocycles. The molecule has 6 nitrogen and oxygen atoms in total. The third-order valence-corrected chi connectivity index (χ3v) is 4.13. The standard InChI is InChI=1S/C10H19N2O4P/c1-7(2)6-16-17(3,15)5-4-8-9(13)12-10(14)11-8/h7-8H,4-6H2,1-3H3,(H2,11,12,13,14). The van der Waals surface area contributed by atoms with E-state index in [0.717, 1.165) is 0 Å². The average Bonchev–Trinajstić information content (AvgIpc) is 2.52. The predicted molar refractivity (Wildman–Crippen MR) is 64.3 cm³/mol. The van der Waals surface area contributed by atoms with Crippen LogP contribution in [0.1, 0.15) is 20.3 Å². The minimum absolute atomic E-state index is 0.290. The lowest BCUT2D eigenvalue weighted by Crippen LogP contribution is -2.29. The van der Waals surface area contributed by atoms with Crippen molar-refractivity contribution in [1.82, 2.24) is 10.6 Å². The van der Waals surface area contributed by atoms with Gasteiger partial charge in [-0.25, -0.2) is 4.79 Å². The van der Waals surface area contributed by atoms with E-state index >= 15 is 0 Å². The first-order valence-electron chi connectivity index (χ1n) is 5.62. The van der Waals surface area contributed by atoms with Crippen LogP contribution in [0.3, 0.4) is 0 Å². The summed E-state index contributed by atoms with van der Waals surface area (Å²) in [6.45, 7) is 5.95. The summed E-state index contributed by atoms with van der Waals surface area (Å²) in [4.78, 5) is 22.1. The molecule has 17 heavy (non-hydrogen) atoms. The molecule has 0 aromatic rings. The van der Waals surface area contributed by atoms with Crippen LogP contribution >= 0.6 is 7.37 Å². The molecule has 2 N–H and O–H groups in total. The highest BCUT2D eigenvalue weighted by atomic mass is 31.2. The van der Waals surface area contributed by atoms with Crippen LogP contribution < -0.4 is 10.6 Å². The second kappa shape index (κ2) is 5.65. The van der Waals surface area contributed by atoms with E-state index in [0.29, 0.717) is 18.9 Å². The van der Waals surface area contributed by atoms with Crippen molar-refractivity contribution < 1.29 is 18.7 Å². The fourth-order valence-corrected chi connectivity index (χ4v) is 2.87. The Labute approximate surface area is 101 Å². The zero-order chi connectivity index (χ0) is 13.1.